The number of urea groups is 1. The average molecular weight is 188 g/mol. The van der Waals surface area contributed by atoms with Crippen molar-refractivity contribution in [3.05, 3.63) is 0 Å². The number of hydrogen-bond donors (Lipinski definition) is 1. The molecule has 0 unspecified atom stereocenters. The van der Waals surface area contributed by atoms with E-state index in [4.69, 9.17) is 9.47 Å². The second-order valence-electron chi connectivity index (χ2n) is 2.08. The van der Waals surface area contributed by atoms with Crippen molar-refractivity contribution < 1.29 is 14.3 Å². The Labute approximate surface area is 78.1 Å². The van der Waals surface area contributed by atoms with E-state index in [9.17, 15) is 4.79 Å². The number of aliphatic imine (C=N–C) groups is 1. The topological polar surface area (TPSA) is 59.9 Å². The summed E-state index contributed by atoms with van der Waals surface area (Å²) in [4.78, 5) is 14.4. The molecule has 0 fully saturated rings. The van der Waals surface area contributed by atoms with Gasteiger partial charge < -0.3 is 9.47 Å². The molecule has 5 heteroatoms. The highest BCUT2D eigenvalue weighted by molar-refractivity contribution is 5.82. The van der Waals surface area contributed by atoms with Crippen molar-refractivity contribution in [2.24, 2.45) is 4.99 Å². The Hall–Kier alpha value is -0.940. The van der Waals surface area contributed by atoms with Crippen molar-refractivity contribution in [2.75, 3.05) is 13.2 Å². The van der Waals surface area contributed by atoms with Crippen molar-refractivity contribution in [1.82, 2.24) is 5.32 Å². The fourth-order valence-corrected chi connectivity index (χ4v) is 0.690. The number of hydrogen-bond acceptors (Lipinski definition) is 3. The normalized spacial score (nSPS) is 11.1. The smallest absolute Gasteiger partial charge is 0.336 e. The van der Waals surface area contributed by atoms with Gasteiger partial charge in [-0.3, -0.25) is 5.32 Å². The molecular formula is C8H16N2O3. The van der Waals surface area contributed by atoms with Crippen molar-refractivity contribution in [1.29, 1.82) is 0 Å². The van der Waals surface area contributed by atoms with Gasteiger partial charge >= 0.3 is 6.03 Å². The van der Waals surface area contributed by atoms with Crippen LogP contribution >= 0.6 is 0 Å². The number of rotatable bonds is 5. The molecule has 0 aliphatic heterocycles. The summed E-state index contributed by atoms with van der Waals surface area (Å²) in [7, 11) is 0. The number of nitrogens with one attached hydrogen (secondary N) is 1. The van der Waals surface area contributed by atoms with E-state index in [0.29, 0.717) is 13.2 Å². The summed E-state index contributed by atoms with van der Waals surface area (Å²) < 4.78 is 10.1. The van der Waals surface area contributed by atoms with Crippen LogP contribution in [0, 0.1) is 0 Å². The van der Waals surface area contributed by atoms with Crippen LogP contribution in [0.5, 0.6) is 0 Å². The molecule has 0 aromatic rings. The monoisotopic (exact) mass is 188 g/mol. The lowest BCUT2D eigenvalue weighted by Gasteiger charge is -2.16. The molecule has 0 atom stereocenters. The van der Waals surface area contributed by atoms with Crippen LogP contribution < -0.4 is 5.32 Å². The minimum absolute atomic E-state index is 0.464. The van der Waals surface area contributed by atoms with Gasteiger partial charge in [-0.15, -0.1) is 0 Å². The van der Waals surface area contributed by atoms with E-state index in [0.717, 1.165) is 0 Å². The van der Waals surface area contributed by atoms with Crippen LogP contribution in [-0.4, -0.2) is 31.9 Å². The van der Waals surface area contributed by atoms with Gasteiger partial charge in [0.1, 0.15) is 0 Å². The molecule has 13 heavy (non-hydrogen) atoms. The lowest BCUT2D eigenvalue weighted by molar-refractivity contribution is -0.146. The highest BCUT2D eigenvalue weighted by Gasteiger charge is 2.09. The molecule has 0 aliphatic carbocycles. The first-order valence-corrected chi connectivity index (χ1v) is 4.26. The summed E-state index contributed by atoms with van der Waals surface area (Å²) in [5, 5.41) is 2.44. The van der Waals surface area contributed by atoms with E-state index in [1.165, 1.54) is 6.21 Å². The number of amides is 2. The molecule has 0 saturated carbocycles. The first kappa shape index (κ1) is 12.1. The van der Waals surface area contributed by atoms with Crippen LogP contribution in [0.4, 0.5) is 4.79 Å². The van der Waals surface area contributed by atoms with E-state index in [1.807, 2.05) is 13.8 Å². The zero-order valence-corrected chi connectivity index (χ0v) is 8.24. The molecule has 0 heterocycles. The lowest BCUT2D eigenvalue weighted by Crippen LogP contribution is -2.37. The molecule has 5 nitrogen and oxygen atoms in total. The van der Waals surface area contributed by atoms with E-state index in [1.54, 1.807) is 6.92 Å². The predicted molar refractivity (Wildman–Crippen MR) is 49.7 cm³/mol. The van der Waals surface area contributed by atoms with Crippen molar-refractivity contribution in [2.45, 2.75) is 27.2 Å². The van der Waals surface area contributed by atoms with Gasteiger partial charge in [-0.2, -0.15) is 0 Å². The predicted octanol–water partition coefficient (Wildman–Crippen LogP) is 1.14. The molecule has 0 radical (unpaired) electrons. The highest BCUT2D eigenvalue weighted by atomic mass is 16.7. The molecule has 0 aromatic carbocycles. The maximum Gasteiger partial charge on any atom is 0.344 e. The van der Waals surface area contributed by atoms with Crippen LogP contribution in [0.1, 0.15) is 20.8 Å². The van der Waals surface area contributed by atoms with Crippen molar-refractivity contribution in [3.63, 3.8) is 0 Å². The second kappa shape index (κ2) is 7.70. The summed E-state index contributed by atoms with van der Waals surface area (Å²) in [6, 6.07) is -0.464. The molecule has 0 aliphatic rings. The number of carbonyl (C=O) groups is 1. The third kappa shape index (κ3) is 6.24. The Balaban J connectivity index is 3.85. The number of ether oxygens (including phenoxy) is 2. The standard InChI is InChI=1S/C8H16N2O3/c1-4-9-7(11)10-8(12-5-2)13-6-3/h4,8H,5-6H2,1-3H3,(H,10,11). The maximum absolute atomic E-state index is 10.9. The largest absolute Gasteiger partial charge is 0.344 e. The van der Waals surface area contributed by atoms with Gasteiger partial charge in [-0.25, -0.2) is 9.79 Å². The van der Waals surface area contributed by atoms with E-state index in [2.05, 4.69) is 10.3 Å². The molecule has 76 valence electrons. The van der Waals surface area contributed by atoms with Crippen LogP contribution in [0.3, 0.4) is 0 Å². The average Bonchev–Trinajstić information content (AvgIpc) is 2.05. The van der Waals surface area contributed by atoms with Crippen molar-refractivity contribution in [3.8, 4) is 0 Å². The third-order valence-electron chi connectivity index (χ3n) is 1.12. The van der Waals surface area contributed by atoms with Crippen LogP contribution in [0.25, 0.3) is 0 Å². The molecule has 0 rings (SSSR count). The highest BCUT2D eigenvalue weighted by Crippen LogP contribution is 1.91. The first-order chi connectivity index (χ1) is 6.24. The molecular weight excluding hydrogens is 172 g/mol. The molecule has 0 spiro atoms. The lowest BCUT2D eigenvalue weighted by atomic mass is 10.8. The quantitative estimate of drug-likeness (QED) is 0.520. The molecule has 0 bridgehead atoms. The summed E-state index contributed by atoms with van der Waals surface area (Å²) >= 11 is 0. The van der Waals surface area contributed by atoms with E-state index in [-0.39, 0.29) is 0 Å². The minimum atomic E-state index is -0.703. The van der Waals surface area contributed by atoms with Crippen LogP contribution in [-0.2, 0) is 9.47 Å². The van der Waals surface area contributed by atoms with Gasteiger partial charge in [0.25, 0.3) is 0 Å². The number of nitrogens with zero attached hydrogens (tertiary/aromatic N) is 1. The summed E-state index contributed by atoms with van der Waals surface area (Å²) in [5.74, 6) is 0. The minimum Gasteiger partial charge on any atom is -0.336 e. The van der Waals surface area contributed by atoms with Crippen LogP contribution in [0.2, 0.25) is 0 Å². The zero-order chi connectivity index (χ0) is 10.1. The summed E-state index contributed by atoms with van der Waals surface area (Å²) in [5.41, 5.74) is 0. The Morgan fingerprint density at radius 1 is 1.46 bits per heavy atom. The Morgan fingerprint density at radius 2 is 2.00 bits per heavy atom. The Kier molecular flexibility index (Phi) is 7.14. The number of carbonyl (C=O) groups excluding carboxylic acids is 1. The second-order valence-corrected chi connectivity index (χ2v) is 2.08. The molecule has 2 amide bonds. The van der Waals surface area contributed by atoms with Crippen LogP contribution in [0.15, 0.2) is 4.99 Å². The third-order valence-corrected chi connectivity index (χ3v) is 1.12. The molecule has 0 saturated heterocycles. The maximum atomic E-state index is 10.9. The Morgan fingerprint density at radius 3 is 2.38 bits per heavy atom. The Bertz CT molecular complexity index is 165. The van der Waals surface area contributed by atoms with E-state index < -0.39 is 12.4 Å². The molecule has 1 N–H and O–H groups in total. The van der Waals surface area contributed by atoms with E-state index >= 15 is 0 Å². The van der Waals surface area contributed by atoms with Gasteiger partial charge in [0.05, 0.1) is 0 Å². The fourth-order valence-electron chi connectivity index (χ4n) is 0.690. The first-order valence-electron chi connectivity index (χ1n) is 4.26. The SMILES string of the molecule is CC=NC(=O)NC(OCC)OCC. The van der Waals surface area contributed by atoms with Gasteiger partial charge in [-0.1, -0.05) is 0 Å². The zero-order valence-electron chi connectivity index (χ0n) is 8.24. The van der Waals surface area contributed by atoms with Gasteiger partial charge in [-0.05, 0) is 20.8 Å². The van der Waals surface area contributed by atoms with Gasteiger partial charge in [0, 0.05) is 19.4 Å². The molecule has 0 aromatic heterocycles. The summed E-state index contributed by atoms with van der Waals surface area (Å²) in [6.07, 6.45) is 0.704. The summed E-state index contributed by atoms with van der Waals surface area (Å²) in [6.45, 7) is 6.25. The van der Waals surface area contributed by atoms with Gasteiger partial charge in [0.2, 0.25) is 6.41 Å². The fraction of sp³-hybridized carbons (Fsp3) is 0.750. The van der Waals surface area contributed by atoms with Crippen molar-refractivity contribution >= 4 is 12.2 Å². The van der Waals surface area contributed by atoms with Gasteiger partial charge in [0.15, 0.2) is 0 Å².